The summed E-state index contributed by atoms with van der Waals surface area (Å²) in [4.78, 5) is 39.0. The Morgan fingerprint density at radius 3 is 2.64 bits per heavy atom. The standard InChI is InChI=1S/C19H18F2N2O5/c1-10-5-6-22(14-7-11(20)3-4-13(14)21)17(25)16(10)18(26)23-9-12(24)8-15(23)19(27)28-2/h3-7,12,15,24H,8-9H2,1-2H3/t12-,15+/m1/s1. The quantitative estimate of drug-likeness (QED) is 0.793. The molecule has 2 heterocycles. The van der Waals surface area contributed by atoms with Crippen LogP contribution in [0.5, 0.6) is 0 Å². The summed E-state index contributed by atoms with van der Waals surface area (Å²) in [5.74, 6) is -3.09. The van der Waals surface area contributed by atoms with Gasteiger partial charge in [0.15, 0.2) is 0 Å². The number of hydrogen-bond acceptors (Lipinski definition) is 5. The fourth-order valence-corrected chi connectivity index (χ4v) is 3.29. The van der Waals surface area contributed by atoms with Gasteiger partial charge in [-0.15, -0.1) is 0 Å². The van der Waals surface area contributed by atoms with Gasteiger partial charge in [-0.2, -0.15) is 0 Å². The molecular formula is C19H18F2N2O5. The topological polar surface area (TPSA) is 88.8 Å². The summed E-state index contributed by atoms with van der Waals surface area (Å²) in [5.41, 5.74) is -1.20. The highest BCUT2D eigenvalue weighted by Crippen LogP contribution is 2.22. The van der Waals surface area contributed by atoms with Crippen LogP contribution in [0.25, 0.3) is 5.69 Å². The Bertz CT molecular complexity index is 1000. The van der Waals surface area contributed by atoms with Crippen LogP contribution >= 0.6 is 0 Å². The van der Waals surface area contributed by atoms with E-state index in [0.717, 1.165) is 34.8 Å². The minimum atomic E-state index is -1.04. The number of aromatic nitrogens is 1. The highest BCUT2D eigenvalue weighted by atomic mass is 19.1. The van der Waals surface area contributed by atoms with E-state index in [1.54, 1.807) is 0 Å². The molecule has 1 aromatic heterocycles. The predicted molar refractivity (Wildman–Crippen MR) is 94.2 cm³/mol. The lowest BCUT2D eigenvalue weighted by atomic mass is 10.1. The highest BCUT2D eigenvalue weighted by Gasteiger charge is 2.41. The monoisotopic (exact) mass is 392 g/mol. The van der Waals surface area contributed by atoms with E-state index in [9.17, 15) is 28.3 Å². The molecular weight excluding hydrogens is 374 g/mol. The van der Waals surface area contributed by atoms with Gasteiger partial charge in [-0.1, -0.05) is 0 Å². The first-order valence-electron chi connectivity index (χ1n) is 8.49. The molecule has 0 radical (unpaired) electrons. The van der Waals surface area contributed by atoms with Crippen molar-refractivity contribution in [1.29, 1.82) is 0 Å². The van der Waals surface area contributed by atoms with Crippen molar-refractivity contribution in [2.24, 2.45) is 0 Å². The Labute approximate surface area is 158 Å². The smallest absolute Gasteiger partial charge is 0.328 e. The summed E-state index contributed by atoms with van der Waals surface area (Å²) >= 11 is 0. The number of likely N-dealkylation sites (tertiary alicyclic amines) is 1. The molecule has 1 saturated heterocycles. The Hall–Kier alpha value is -3.07. The molecule has 0 spiro atoms. The number of hydrogen-bond donors (Lipinski definition) is 1. The maximum Gasteiger partial charge on any atom is 0.328 e. The zero-order valence-corrected chi connectivity index (χ0v) is 15.2. The van der Waals surface area contributed by atoms with Crippen LogP contribution < -0.4 is 5.56 Å². The molecule has 2 atom stereocenters. The van der Waals surface area contributed by atoms with Crippen molar-refractivity contribution in [3.05, 3.63) is 63.6 Å². The van der Waals surface area contributed by atoms with Crippen LogP contribution in [0.2, 0.25) is 0 Å². The first-order valence-corrected chi connectivity index (χ1v) is 8.49. The van der Waals surface area contributed by atoms with Crippen LogP contribution in [0, 0.1) is 18.6 Å². The second-order valence-corrected chi connectivity index (χ2v) is 6.53. The molecule has 7 nitrogen and oxygen atoms in total. The zero-order valence-electron chi connectivity index (χ0n) is 15.2. The molecule has 1 fully saturated rings. The number of methoxy groups -OCH3 is 1. The van der Waals surface area contributed by atoms with Crippen molar-refractivity contribution in [3.8, 4) is 5.69 Å². The minimum absolute atomic E-state index is 0.0169. The molecule has 0 aliphatic carbocycles. The minimum Gasteiger partial charge on any atom is -0.467 e. The lowest BCUT2D eigenvalue weighted by Gasteiger charge is -2.23. The molecule has 1 aromatic carbocycles. The number of aliphatic hydroxyl groups is 1. The third-order valence-corrected chi connectivity index (χ3v) is 4.70. The van der Waals surface area contributed by atoms with E-state index >= 15 is 0 Å². The van der Waals surface area contributed by atoms with Crippen molar-refractivity contribution < 1.29 is 28.2 Å². The predicted octanol–water partition coefficient (Wildman–Crippen LogP) is 1.17. The fraction of sp³-hybridized carbons (Fsp3) is 0.316. The number of esters is 1. The molecule has 148 valence electrons. The Morgan fingerprint density at radius 2 is 1.96 bits per heavy atom. The zero-order chi connectivity index (χ0) is 20.6. The van der Waals surface area contributed by atoms with E-state index in [1.165, 1.54) is 19.2 Å². The van der Waals surface area contributed by atoms with Crippen molar-refractivity contribution in [1.82, 2.24) is 9.47 Å². The molecule has 2 aromatic rings. The number of pyridine rings is 1. The lowest BCUT2D eigenvalue weighted by molar-refractivity contribution is -0.145. The fourth-order valence-electron chi connectivity index (χ4n) is 3.29. The van der Waals surface area contributed by atoms with E-state index in [-0.39, 0.29) is 24.2 Å². The molecule has 0 bridgehead atoms. The number of aryl methyl sites for hydroxylation is 1. The Kier molecular flexibility index (Phi) is 5.28. The van der Waals surface area contributed by atoms with Crippen LogP contribution in [0.3, 0.4) is 0 Å². The number of carbonyl (C=O) groups is 2. The summed E-state index contributed by atoms with van der Waals surface area (Å²) in [5, 5.41) is 9.87. The molecule has 1 N–H and O–H groups in total. The van der Waals surface area contributed by atoms with Gasteiger partial charge in [0.1, 0.15) is 23.2 Å². The van der Waals surface area contributed by atoms with Gasteiger partial charge in [0, 0.05) is 25.2 Å². The number of amides is 1. The summed E-state index contributed by atoms with van der Waals surface area (Å²) in [7, 11) is 1.16. The van der Waals surface area contributed by atoms with Gasteiger partial charge in [0.25, 0.3) is 11.5 Å². The molecule has 3 rings (SSSR count). The maximum absolute atomic E-state index is 14.1. The average Bonchev–Trinajstić information content (AvgIpc) is 3.05. The van der Waals surface area contributed by atoms with Crippen LogP contribution in [-0.2, 0) is 9.53 Å². The van der Waals surface area contributed by atoms with Crippen LogP contribution in [0.4, 0.5) is 8.78 Å². The third-order valence-electron chi connectivity index (χ3n) is 4.70. The van der Waals surface area contributed by atoms with Gasteiger partial charge in [-0.25, -0.2) is 13.6 Å². The largest absolute Gasteiger partial charge is 0.467 e. The summed E-state index contributed by atoms with van der Waals surface area (Å²) in [6.45, 7) is 1.36. The summed E-state index contributed by atoms with van der Waals surface area (Å²) in [6.07, 6.45) is 0.278. The number of aliphatic hydroxyl groups excluding tert-OH is 1. The number of benzene rings is 1. The molecule has 0 saturated carbocycles. The van der Waals surface area contributed by atoms with Crippen molar-refractivity contribution in [3.63, 3.8) is 0 Å². The van der Waals surface area contributed by atoms with Crippen LogP contribution in [0.1, 0.15) is 22.3 Å². The molecule has 1 aliphatic rings. The molecule has 1 amide bonds. The van der Waals surface area contributed by atoms with E-state index in [1.807, 2.05) is 0 Å². The van der Waals surface area contributed by atoms with E-state index in [4.69, 9.17) is 0 Å². The number of β-amino-alcohol motifs (C(OH)–C–C–N with tert-alkyl or cyclic N) is 1. The van der Waals surface area contributed by atoms with Crippen molar-refractivity contribution in [2.45, 2.75) is 25.5 Å². The van der Waals surface area contributed by atoms with E-state index in [2.05, 4.69) is 4.74 Å². The van der Waals surface area contributed by atoms with E-state index < -0.39 is 41.2 Å². The van der Waals surface area contributed by atoms with Gasteiger partial charge >= 0.3 is 5.97 Å². The first-order chi connectivity index (χ1) is 13.2. The first kappa shape index (κ1) is 19.7. The summed E-state index contributed by atoms with van der Waals surface area (Å²) in [6, 6.07) is 3.01. The molecule has 1 aliphatic heterocycles. The number of nitrogens with zero attached hydrogens (tertiary/aromatic N) is 2. The third kappa shape index (κ3) is 3.40. The highest BCUT2D eigenvalue weighted by molar-refractivity contribution is 5.98. The second-order valence-electron chi connectivity index (χ2n) is 6.53. The SMILES string of the molecule is COC(=O)[C@@H]1C[C@@H](O)CN1C(=O)c1c(C)ccn(-c2cc(F)ccc2F)c1=O. The van der Waals surface area contributed by atoms with E-state index in [0.29, 0.717) is 5.56 Å². The van der Waals surface area contributed by atoms with Gasteiger partial charge < -0.3 is 14.7 Å². The molecule has 0 unspecified atom stereocenters. The van der Waals surface area contributed by atoms with Crippen molar-refractivity contribution >= 4 is 11.9 Å². The van der Waals surface area contributed by atoms with Crippen LogP contribution in [-0.4, -0.2) is 52.3 Å². The second kappa shape index (κ2) is 7.51. The maximum atomic E-state index is 14.1. The average molecular weight is 392 g/mol. The van der Waals surface area contributed by atoms with Gasteiger partial charge in [-0.05, 0) is 30.7 Å². The lowest BCUT2D eigenvalue weighted by Crippen LogP contribution is -2.44. The number of halogens is 2. The number of carbonyl (C=O) groups excluding carboxylic acids is 2. The van der Waals surface area contributed by atoms with Gasteiger partial charge in [0.05, 0.1) is 18.9 Å². The number of rotatable bonds is 3. The Balaban J connectivity index is 2.10. The normalized spacial score (nSPS) is 19.0. The van der Waals surface area contributed by atoms with Gasteiger partial charge in [-0.3, -0.25) is 14.2 Å². The Morgan fingerprint density at radius 1 is 1.25 bits per heavy atom. The van der Waals surface area contributed by atoms with Crippen LogP contribution in [0.15, 0.2) is 35.3 Å². The van der Waals surface area contributed by atoms with Crippen molar-refractivity contribution in [2.75, 3.05) is 13.7 Å². The molecule has 9 heteroatoms. The van der Waals surface area contributed by atoms with Gasteiger partial charge in [0.2, 0.25) is 0 Å². The summed E-state index contributed by atoms with van der Waals surface area (Å²) < 4.78 is 33.1. The molecule has 28 heavy (non-hydrogen) atoms. The number of ether oxygens (including phenoxy) is 1.